The number of hydrogen-bond donors (Lipinski definition) is 1. The van der Waals surface area contributed by atoms with E-state index in [0.717, 1.165) is 6.54 Å². The molecule has 1 aromatic heterocycles. The number of hydrogen-bond acceptors (Lipinski definition) is 2. The second kappa shape index (κ2) is 2.95. The molecule has 76 valence electrons. The van der Waals surface area contributed by atoms with Crippen molar-refractivity contribution in [3.63, 3.8) is 0 Å². The molecule has 0 radical (unpaired) electrons. The molecule has 2 rings (SSSR count). The predicted molar refractivity (Wildman–Crippen MR) is 57.7 cm³/mol. The Morgan fingerprint density at radius 3 is 2.86 bits per heavy atom. The van der Waals surface area contributed by atoms with Crippen LogP contribution >= 0.6 is 0 Å². The minimum absolute atomic E-state index is 0.337. The van der Waals surface area contributed by atoms with Crippen LogP contribution in [0.5, 0.6) is 0 Å². The first-order chi connectivity index (χ1) is 6.61. The number of aromatic nitrogens is 2. The second-order valence-electron chi connectivity index (χ2n) is 4.58. The maximum absolute atomic E-state index is 5.73. The summed E-state index contributed by atoms with van der Waals surface area (Å²) in [6.45, 7) is 8.96. The number of nitrogens with two attached hydrogens (primary N) is 1. The molecule has 2 unspecified atom stereocenters. The van der Waals surface area contributed by atoms with Crippen LogP contribution in [0.2, 0.25) is 0 Å². The minimum Gasteiger partial charge on any atom is -0.330 e. The van der Waals surface area contributed by atoms with Gasteiger partial charge in [0.1, 0.15) is 0 Å². The highest BCUT2D eigenvalue weighted by molar-refractivity contribution is 5.30. The van der Waals surface area contributed by atoms with Gasteiger partial charge in [-0.05, 0) is 29.4 Å². The van der Waals surface area contributed by atoms with Crippen molar-refractivity contribution in [2.45, 2.75) is 19.8 Å². The smallest absolute Gasteiger partial charge is 0.0529 e. The first kappa shape index (κ1) is 9.46. The third-order valence-electron chi connectivity index (χ3n) is 3.47. The molecule has 14 heavy (non-hydrogen) atoms. The Kier molecular flexibility index (Phi) is 2.00. The Balaban J connectivity index is 2.21. The van der Waals surface area contributed by atoms with Crippen molar-refractivity contribution < 1.29 is 0 Å². The summed E-state index contributed by atoms with van der Waals surface area (Å²) < 4.78 is 1.75. The molecule has 2 N–H and O–H groups in total. The predicted octanol–water partition coefficient (Wildman–Crippen LogP) is 1.68. The zero-order chi connectivity index (χ0) is 10.3. The molecule has 0 amide bonds. The fourth-order valence-corrected chi connectivity index (χ4v) is 2.46. The van der Waals surface area contributed by atoms with Gasteiger partial charge in [0.15, 0.2) is 0 Å². The van der Waals surface area contributed by atoms with Crippen LogP contribution < -0.4 is 5.73 Å². The van der Waals surface area contributed by atoms with Gasteiger partial charge in [-0.25, -0.2) is 4.68 Å². The van der Waals surface area contributed by atoms with E-state index in [1.807, 2.05) is 12.4 Å². The lowest BCUT2D eigenvalue weighted by atomic mass is 10.1. The molecule has 1 aliphatic carbocycles. The van der Waals surface area contributed by atoms with Gasteiger partial charge in [0, 0.05) is 12.4 Å². The lowest BCUT2D eigenvalue weighted by molar-refractivity contribution is 0.558. The number of rotatable bonds is 3. The third-order valence-corrected chi connectivity index (χ3v) is 3.47. The summed E-state index contributed by atoms with van der Waals surface area (Å²) in [6, 6.07) is 0. The van der Waals surface area contributed by atoms with E-state index >= 15 is 0 Å². The van der Waals surface area contributed by atoms with Crippen molar-refractivity contribution in [1.29, 1.82) is 0 Å². The summed E-state index contributed by atoms with van der Waals surface area (Å²) in [4.78, 5) is 0. The molecule has 0 spiro atoms. The van der Waals surface area contributed by atoms with Crippen LogP contribution in [0.3, 0.4) is 0 Å². The average molecular weight is 191 g/mol. The lowest BCUT2D eigenvalue weighted by Gasteiger charge is -1.98. The standard InChI is InChI=1S/C11H17N3/c1-4-14-7-8(6-13-14)10-9(5-12)11(10,2)3/h4,6-7,9-10H,1,5,12H2,2-3H3. The lowest BCUT2D eigenvalue weighted by Crippen LogP contribution is -2.05. The summed E-state index contributed by atoms with van der Waals surface area (Å²) in [5, 5.41) is 4.19. The largest absolute Gasteiger partial charge is 0.330 e. The number of nitrogens with zero attached hydrogens (tertiary/aromatic N) is 2. The molecule has 1 aliphatic rings. The van der Waals surface area contributed by atoms with Crippen LogP contribution in [-0.4, -0.2) is 16.3 Å². The SMILES string of the molecule is C=Cn1cc(C2C(CN)C2(C)C)cn1. The molecule has 2 atom stereocenters. The zero-order valence-electron chi connectivity index (χ0n) is 8.77. The van der Waals surface area contributed by atoms with Gasteiger partial charge in [-0.1, -0.05) is 20.4 Å². The molecule has 3 nitrogen and oxygen atoms in total. The highest BCUT2D eigenvalue weighted by Gasteiger charge is 2.57. The summed E-state index contributed by atoms with van der Waals surface area (Å²) in [5.74, 6) is 1.17. The van der Waals surface area contributed by atoms with Gasteiger partial charge in [-0.15, -0.1) is 0 Å². The van der Waals surface area contributed by atoms with Crippen molar-refractivity contribution in [2.75, 3.05) is 6.54 Å². The van der Waals surface area contributed by atoms with E-state index in [2.05, 4.69) is 25.5 Å². The zero-order valence-corrected chi connectivity index (χ0v) is 8.77. The highest BCUT2D eigenvalue weighted by Crippen LogP contribution is 2.63. The second-order valence-corrected chi connectivity index (χ2v) is 4.58. The molecule has 1 aromatic rings. The average Bonchev–Trinajstić information content (AvgIpc) is 2.55. The van der Waals surface area contributed by atoms with Gasteiger partial charge in [0.25, 0.3) is 0 Å². The molecule has 0 aromatic carbocycles. The van der Waals surface area contributed by atoms with Crippen LogP contribution in [-0.2, 0) is 0 Å². The Morgan fingerprint density at radius 1 is 1.71 bits per heavy atom. The van der Waals surface area contributed by atoms with Gasteiger partial charge >= 0.3 is 0 Å². The molecule has 1 fully saturated rings. The normalized spacial score (nSPS) is 28.8. The van der Waals surface area contributed by atoms with E-state index in [1.165, 1.54) is 5.56 Å². The van der Waals surface area contributed by atoms with Crippen LogP contribution in [0.15, 0.2) is 19.0 Å². The van der Waals surface area contributed by atoms with Crippen LogP contribution in [0.25, 0.3) is 6.20 Å². The summed E-state index contributed by atoms with van der Waals surface area (Å²) in [6.07, 6.45) is 5.66. The summed E-state index contributed by atoms with van der Waals surface area (Å²) >= 11 is 0. The molecular formula is C11H17N3. The van der Waals surface area contributed by atoms with E-state index in [0.29, 0.717) is 17.3 Å². The maximum Gasteiger partial charge on any atom is 0.0529 e. The quantitative estimate of drug-likeness (QED) is 0.790. The fourth-order valence-electron chi connectivity index (χ4n) is 2.46. The van der Waals surface area contributed by atoms with E-state index < -0.39 is 0 Å². The fraction of sp³-hybridized carbons (Fsp3) is 0.545. The van der Waals surface area contributed by atoms with E-state index in [-0.39, 0.29) is 0 Å². The van der Waals surface area contributed by atoms with E-state index in [1.54, 1.807) is 10.9 Å². The molecule has 1 heterocycles. The Hall–Kier alpha value is -1.09. The molecule has 0 bridgehead atoms. The topological polar surface area (TPSA) is 43.8 Å². The van der Waals surface area contributed by atoms with Gasteiger partial charge in [0.2, 0.25) is 0 Å². The Labute approximate surface area is 84.6 Å². The Bertz CT molecular complexity index is 351. The molecule has 0 aliphatic heterocycles. The van der Waals surface area contributed by atoms with E-state index in [4.69, 9.17) is 5.73 Å². The van der Waals surface area contributed by atoms with Crippen molar-refractivity contribution in [1.82, 2.24) is 9.78 Å². The van der Waals surface area contributed by atoms with Gasteiger partial charge in [-0.2, -0.15) is 5.10 Å². The molecule has 0 saturated heterocycles. The van der Waals surface area contributed by atoms with Crippen molar-refractivity contribution in [3.05, 3.63) is 24.5 Å². The molecular weight excluding hydrogens is 174 g/mol. The monoisotopic (exact) mass is 191 g/mol. The van der Waals surface area contributed by atoms with Crippen molar-refractivity contribution in [2.24, 2.45) is 17.1 Å². The summed E-state index contributed by atoms with van der Waals surface area (Å²) in [5.41, 5.74) is 7.35. The first-order valence-electron chi connectivity index (χ1n) is 4.98. The molecule has 3 heteroatoms. The minimum atomic E-state index is 0.337. The first-order valence-corrected chi connectivity index (χ1v) is 4.98. The molecule has 1 saturated carbocycles. The van der Waals surface area contributed by atoms with E-state index in [9.17, 15) is 0 Å². The van der Waals surface area contributed by atoms with Gasteiger partial charge in [-0.3, -0.25) is 0 Å². The van der Waals surface area contributed by atoms with Crippen LogP contribution in [0.1, 0.15) is 25.3 Å². The summed E-state index contributed by atoms with van der Waals surface area (Å²) in [7, 11) is 0. The highest BCUT2D eigenvalue weighted by atomic mass is 15.2. The van der Waals surface area contributed by atoms with Gasteiger partial charge < -0.3 is 5.73 Å². The van der Waals surface area contributed by atoms with Crippen LogP contribution in [0.4, 0.5) is 0 Å². The third kappa shape index (κ3) is 1.20. The van der Waals surface area contributed by atoms with Crippen LogP contribution in [0, 0.1) is 11.3 Å². The van der Waals surface area contributed by atoms with Gasteiger partial charge in [0.05, 0.1) is 6.20 Å². The maximum atomic E-state index is 5.73. The van der Waals surface area contributed by atoms with Crippen molar-refractivity contribution >= 4 is 6.20 Å². The Morgan fingerprint density at radius 2 is 2.43 bits per heavy atom. The van der Waals surface area contributed by atoms with Crippen molar-refractivity contribution in [3.8, 4) is 0 Å².